The largest absolute Gasteiger partial charge is 0.146 e. The molecule has 6 heavy (non-hydrogen) atoms. The fourth-order valence-corrected chi connectivity index (χ4v) is 1.77. The van der Waals surface area contributed by atoms with Gasteiger partial charge in [0.05, 0.1) is 0 Å². The molecular weight excluding hydrogens is 112 g/mol. The topological polar surface area (TPSA) is 0 Å². The van der Waals surface area contributed by atoms with Crippen LogP contribution in [0, 0.1) is 5.41 Å². The van der Waals surface area contributed by atoms with Gasteiger partial charge in [0.1, 0.15) is 0 Å². The lowest BCUT2D eigenvalue weighted by atomic mass is 10.8. The summed E-state index contributed by atoms with van der Waals surface area (Å²) in [6, 6.07) is 0. The molecule has 0 amide bonds. The Bertz CT molecular complexity index is 50.6. The lowest BCUT2D eigenvalue weighted by Crippen LogP contribution is -1.76. The lowest BCUT2D eigenvalue weighted by Gasteiger charge is -1.96. The van der Waals surface area contributed by atoms with E-state index in [1.165, 1.54) is 5.08 Å². The van der Waals surface area contributed by atoms with Gasteiger partial charge in [-0.2, -0.15) is 0 Å². The number of rotatable bonds is 0. The van der Waals surface area contributed by atoms with E-state index >= 15 is 0 Å². The van der Waals surface area contributed by atoms with Gasteiger partial charge in [0, 0.05) is 16.2 Å². The standard InChI is InChI=1S/C4H5S2/c1-2-5-4-6-3-1/h1H,2,4H2. The summed E-state index contributed by atoms with van der Waals surface area (Å²) >= 11 is 3.69. The molecule has 0 aromatic rings. The van der Waals surface area contributed by atoms with Crippen molar-refractivity contribution < 1.29 is 0 Å². The fourth-order valence-electron chi connectivity index (χ4n) is 0.276. The predicted octanol–water partition coefficient (Wildman–Crippen LogP) is 1.74. The van der Waals surface area contributed by atoms with E-state index in [4.69, 9.17) is 0 Å². The SMILES string of the molecule is [C]1=CCSCS1. The zero-order chi connectivity index (χ0) is 4.24. The summed E-state index contributed by atoms with van der Waals surface area (Å²) in [5, 5.41) is 4.25. The molecule has 0 aromatic carbocycles. The Morgan fingerprint density at radius 1 is 1.67 bits per heavy atom. The van der Waals surface area contributed by atoms with E-state index in [0.29, 0.717) is 0 Å². The molecule has 0 fully saturated rings. The van der Waals surface area contributed by atoms with Crippen molar-refractivity contribution >= 4 is 23.5 Å². The molecule has 0 saturated carbocycles. The Morgan fingerprint density at radius 2 is 2.67 bits per heavy atom. The van der Waals surface area contributed by atoms with Gasteiger partial charge in [-0.3, -0.25) is 0 Å². The molecule has 0 aromatic heterocycles. The van der Waals surface area contributed by atoms with Crippen LogP contribution in [-0.4, -0.2) is 10.8 Å². The third-order valence-corrected chi connectivity index (χ3v) is 2.38. The van der Waals surface area contributed by atoms with Crippen LogP contribution in [0.3, 0.4) is 0 Å². The van der Waals surface area contributed by atoms with Crippen molar-refractivity contribution in [3.8, 4) is 0 Å². The second-order valence-electron chi connectivity index (χ2n) is 0.955. The second kappa shape index (κ2) is 2.59. The van der Waals surface area contributed by atoms with Crippen molar-refractivity contribution in [1.29, 1.82) is 0 Å². The van der Waals surface area contributed by atoms with Crippen molar-refractivity contribution in [3.63, 3.8) is 0 Å². The van der Waals surface area contributed by atoms with Crippen LogP contribution < -0.4 is 0 Å². The molecule has 0 spiro atoms. The summed E-state index contributed by atoms with van der Waals surface area (Å²) in [7, 11) is 0. The van der Waals surface area contributed by atoms with Crippen molar-refractivity contribution in [2.75, 3.05) is 10.8 Å². The molecule has 0 nitrogen and oxygen atoms in total. The van der Waals surface area contributed by atoms with Crippen LogP contribution in [0.2, 0.25) is 0 Å². The third kappa shape index (κ3) is 1.27. The van der Waals surface area contributed by atoms with Gasteiger partial charge >= 0.3 is 0 Å². The Morgan fingerprint density at radius 3 is 2.83 bits per heavy atom. The average molecular weight is 117 g/mol. The van der Waals surface area contributed by atoms with Gasteiger partial charge in [0.15, 0.2) is 0 Å². The molecule has 1 aliphatic rings. The van der Waals surface area contributed by atoms with Crippen LogP contribution in [0.5, 0.6) is 0 Å². The van der Waals surface area contributed by atoms with Crippen LogP contribution in [0.1, 0.15) is 0 Å². The minimum atomic E-state index is 1.16. The molecule has 0 N–H and O–H groups in total. The highest BCUT2D eigenvalue weighted by Gasteiger charge is 1.88. The molecule has 2 heteroatoms. The van der Waals surface area contributed by atoms with Gasteiger partial charge in [0.2, 0.25) is 0 Å². The highest BCUT2D eigenvalue weighted by Crippen LogP contribution is 2.16. The van der Waals surface area contributed by atoms with E-state index in [9.17, 15) is 0 Å². The highest BCUT2D eigenvalue weighted by molar-refractivity contribution is 8.17. The first-order chi connectivity index (χ1) is 3.00. The molecule has 1 rings (SSSR count). The third-order valence-electron chi connectivity index (χ3n) is 0.510. The number of thioether (sulfide) groups is 2. The first kappa shape index (κ1) is 4.60. The molecule has 33 valence electrons. The molecule has 0 unspecified atom stereocenters. The van der Waals surface area contributed by atoms with Gasteiger partial charge in [-0.15, -0.1) is 23.5 Å². The maximum absolute atomic E-state index is 3.06. The van der Waals surface area contributed by atoms with Crippen LogP contribution in [0.4, 0.5) is 0 Å². The predicted molar refractivity (Wildman–Crippen MR) is 32.7 cm³/mol. The Labute approximate surface area is 46.4 Å². The highest BCUT2D eigenvalue weighted by atomic mass is 32.2. The van der Waals surface area contributed by atoms with Crippen molar-refractivity contribution in [2.45, 2.75) is 0 Å². The molecule has 1 aliphatic heterocycles. The summed E-state index contributed by atoms with van der Waals surface area (Å²) in [4.78, 5) is 0. The number of hydrogen-bond donors (Lipinski definition) is 0. The summed E-state index contributed by atoms with van der Waals surface area (Å²) < 4.78 is 0. The van der Waals surface area contributed by atoms with E-state index in [2.05, 4.69) is 11.5 Å². The minimum absolute atomic E-state index is 1.16. The monoisotopic (exact) mass is 117 g/mol. The van der Waals surface area contributed by atoms with E-state index < -0.39 is 0 Å². The van der Waals surface area contributed by atoms with Gasteiger partial charge in [-0.05, 0) is 0 Å². The maximum atomic E-state index is 3.06. The average Bonchev–Trinajstić information content (AvgIpc) is 1.72. The van der Waals surface area contributed by atoms with Crippen molar-refractivity contribution in [3.05, 3.63) is 11.5 Å². The number of hydrogen-bond acceptors (Lipinski definition) is 2. The van der Waals surface area contributed by atoms with Crippen molar-refractivity contribution in [1.82, 2.24) is 0 Å². The van der Waals surface area contributed by atoms with Gasteiger partial charge in [-0.25, -0.2) is 0 Å². The summed E-state index contributed by atoms with van der Waals surface area (Å²) in [6.07, 6.45) is 2.07. The van der Waals surface area contributed by atoms with E-state index in [1.54, 1.807) is 11.8 Å². The van der Waals surface area contributed by atoms with Gasteiger partial charge in [0.25, 0.3) is 0 Å². The fraction of sp³-hybridized carbons (Fsp3) is 0.500. The maximum Gasteiger partial charge on any atom is 0.0442 e. The van der Waals surface area contributed by atoms with Crippen LogP contribution in [-0.2, 0) is 0 Å². The van der Waals surface area contributed by atoms with Crippen molar-refractivity contribution in [2.24, 2.45) is 0 Å². The van der Waals surface area contributed by atoms with Crippen LogP contribution >= 0.6 is 23.5 Å². The Balaban J connectivity index is 2.26. The van der Waals surface area contributed by atoms with Gasteiger partial charge < -0.3 is 0 Å². The van der Waals surface area contributed by atoms with E-state index in [0.717, 1.165) is 5.75 Å². The van der Waals surface area contributed by atoms with E-state index in [-0.39, 0.29) is 0 Å². The van der Waals surface area contributed by atoms with Gasteiger partial charge in [-0.1, -0.05) is 6.08 Å². The molecule has 0 saturated heterocycles. The van der Waals surface area contributed by atoms with Crippen LogP contribution in [0.25, 0.3) is 0 Å². The summed E-state index contributed by atoms with van der Waals surface area (Å²) in [5.41, 5.74) is 0. The Hall–Kier alpha value is 0.440. The minimum Gasteiger partial charge on any atom is -0.146 e. The molecular formula is C4H5S2. The normalized spacial score (nSPS) is 21.3. The first-order valence-electron chi connectivity index (χ1n) is 1.77. The quantitative estimate of drug-likeness (QED) is 0.474. The zero-order valence-corrected chi connectivity index (χ0v) is 4.94. The smallest absolute Gasteiger partial charge is 0.0442 e. The van der Waals surface area contributed by atoms with E-state index in [1.807, 2.05) is 11.8 Å². The summed E-state index contributed by atoms with van der Waals surface area (Å²) in [6.45, 7) is 0. The zero-order valence-electron chi connectivity index (χ0n) is 3.31. The second-order valence-corrected chi connectivity index (χ2v) is 3.16. The summed E-state index contributed by atoms with van der Waals surface area (Å²) in [5.74, 6) is 1.16. The molecule has 0 atom stereocenters. The van der Waals surface area contributed by atoms with Crippen LogP contribution in [0.15, 0.2) is 6.08 Å². The molecule has 0 aliphatic carbocycles. The molecule has 1 radical (unpaired) electrons. The molecule has 1 heterocycles. The Kier molecular flexibility index (Phi) is 1.98. The lowest BCUT2D eigenvalue weighted by molar-refractivity contribution is 1.76. The first-order valence-corrected chi connectivity index (χ1v) is 3.91. The molecule has 0 bridgehead atoms.